The lowest BCUT2D eigenvalue weighted by atomic mass is 10.1. The first-order valence-electron chi connectivity index (χ1n) is 8.84. The van der Waals surface area contributed by atoms with Gasteiger partial charge in [0, 0.05) is 42.2 Å². The molecular weight excluding hydrogens is 324 g/mol. The highest BCUT2D eigenvalue weighted by molar-refractivity contribution is 5.80. The van der Waals surface area contributed by atoms with Gasteiger partial charge in [0.15, 0.2) is 0 Å². The number of hydrogen-bond acceptors (Lipinski definition) is 2. The van der Waals surface area contributed by atoms with E-state index in [-0.39, 0.29) is 17.4 Å². The molecule has 4 nitrogen and oxygen atoms in total. The molecule has 0 spiro atoms. The Kier molecular flexibility index (Phi) is 4.06. The Bertz CT molecular complexity index is 811. The van der Waals surface area contributed by atoms with Crippen LogP contribution in [0.3, 0.4) is 0 Å². The number of imidazole rings is 1. The van der Waals surface area contributed by atoms with Gasteiger partial charge in [0.25, 0.3) is 0 Å². The zero-order valence-electron chi connectivity index (χ0n) is 14.2. The van der Waals surface area contributed by atoms with E-state index in [4.69, 9.17) is 0 Å². The maximum Gasteiger partial charge on any atom is 0.223 e. The Labute approximate surface area is 145 Å². The van der Waals surface area contributed by atoms with E-state index in [0.717, 1.165) is 24.6 Å². The average Bonchev–Trinajstić information content (AvgIpc) is 3.27. The molecule has 25 heavy (non-hydrogen) atoms. The van der Waals surface area contributed by atoms with Gasteiger partial charge in [-0.1, -0.05) is 12.8 Å². The lowest BCUT2D eigenvalue weighted by Gasteiger charge is -2.23. The van der Waals surface area contributed by atoms with Crippen LogP contribution in [0.2, 0.25) is 0 Å². The van der Waals surface area contributed by atoms with Crippen molar-refractivity contribution in [3.63, 3.8) is 0 Å². The van der Waals surface area contributed by atoms with Gasteiger partial charge in [-0.05, 0) is 31.9 Å². The number of nitrogens with zero attached hydrogens (tertiary/aromatic N) is 2. The second kappa shape index (κ2) is 6.24. The quantitative estimate of drug-likeness (QED) is 0.916. The number of carbonyl (C=O) groups is 1. The summed E-state index contributed by atoms with van der Waals surface area (Å²) in [6.45, 7) is 2.49. The van der Waals surface area contributed by atoms with Crippen LogP contribution in [0.4, 0.5) is 8.78 Å². The molecule has 0 radical (unpaired) electrons. The van der Waals surface area contributed by atoms with Crippen molar-refractivity contribution >= 4 is 5.91 Å². The number of aryl methyl sites for hydroxylation is 1. The maximum absolute atomic E-state index is 14.1. The molecule has 4 rings (SSSR count). The summed E-state index contributed by atoms with van der Waals surface area (Å²) in [7, 11) is 0. The van der Waals surface area contributed by atoms with E-state index < -0.39 is 11.6 Å². The number of likely N-dealkylation sites (tertiary alicyclic amines) is 1. The monoisotopic (exact) mass is 345 g/mol. The van der Waals surface area contributed by atoms with Gasteiger partial charge in [0.05, 0.1) is 5.69 Å². The summed E-state index contributed by atoms with van der Waals surface area (Å²) in [5.74, 6) is -0.339. The van der Waals surface area contributed by atoms with Crippen molar-refractivity contribution in [2.24, 2.45) is 0 Å². The van der Waals surface area contributed by atoms with Gasteiger partial charge in [0.2, 0.25) is 5.91 Å². The first kappa shape index (κ1) is 16.2. The van der Waals surface area contributed by atoms with Crippen molar-refractivity contribution in [2.45, 2.75) is 51.0 Å². The van der Waals surface area contributed by atoms with Crippen molar-refractivity contribution in [3.05, 3.63) is 41.4 Å². The second-order valence-corrected chi connectivity index (χ2v) is 7.11. The van der Waals surface area contributed by atoms with Crippen LogP contribution >= 0.6 is 0 Å². The molecule has 1 amide bonds. The minimum atomic E-state index is -0.628. The molecule has 2 fully saturated rings. The number of benzene rings is 1. The fourth-order valence-corrected chi connectivity index (χ4v) is 4.10. The number of carbonyl (C=O) groups excluding carboxylic acids is 1. The highest BCUT2D eigenvalue weighted by atomic mass is 19.1. The third-order valence-electron chi connectivity index (χ3n) is 5.40. The zero-order chi connectivity index (χ0) is 17.6. The molecule has 132 valence electrons. The lowest BCUT2D eigenvalue weighted by molar-refractivity contribution is -0.129. The normalized spacial score (nSPS) is 21.5. The first-order chi connectivity index (χ1) is 12.0. The molecule has 1 aromatic carbocycles. The summed E-state index contributed by atoms with van der Waals surface area (Å²) in [5, 5.41) is 0. The molecule has 1 saturated carbocycles. The van der Waals surface area contributed by atoms with Gasteiger partial charge in [-0.15, -0.1) is 0 Å². The largest absolute Gasteiger partial charge is 0.345 e. The number of amides is 1. The predicted octanol–water partition coefficient (Wildman–Crippen LogP) is 3.92. The van der Waals surface area contributed by atoms with Gasteiger partial charge in [-0.25, -0.2) is 13.8 Å². The summed E-state index contributed by atoms with van der Waals surface area (Å²) < 4.78 is 27.2. The highest BCUT2D eigenvalue weighted by Gasteiger charge is 2.37. The van der Waals surface area contributed by atoms with Crippen LogP contribution in [-0.2, 0) is 4.79 Å². The summed E-state index contributed by atoms with van der Waals surface area (Å²) in [4.78, 5) is 22.1. The van der Waals surface area contributed by atoms with E-state index >= 15 is 0 Å². The molecule has 1 saturated heterocycles. The first-order valence-corrected chi connectivity index (χ1v) is 8.84. The highest BCUT2D eigenvalue weighted by Crippen LogP contribution is 2.34. The summed E-state index contributed by atoms with van der Waals surface area (Å²) in [5.41, 5.74) is 1.49. The number of hydrogen-bond donors (Lipinski definition) is 1. The number of aromatic nitrogens is 2. The van der Waals surface area contributed by atoms with Gasteiger partial charge in [-0.2, -0.15) is 0 Å². The molecule has 6 heteroatoms. The number of nitrogens with one attached hydrogen (secondary N) is 1. The van der Waals surface area contributed by atoms with Crippen molar-refractivity contribution in [2.75, 3.05) is 6.54 Å². The Morgan fingerprint density at radius 3 is 2.72 bits per heavy atom. The van der Waals surface area contributed by atoms with Crippen LogP contribution in [-0.4, -0.2) is 33.4 Å². The third kappa shape index (κ3) is 2.94. The van der Waals surface area contributed by atoms with E-state index in [1.165, 1.54) is 25.0 Å². The standard InChI is InChI=1S/C19H21F2N3O/c1-11-18(15-7-6-13(20)9-16(15)21)23-19(22-11)12-8-17(25)24(10-12)14-4-2-3-5-14/h6-7,9,12,14H,2-5,8,10H2,1H3,(H,22,23)/t12-/m0/s1. The Hall–Kier alpha value is -2.24. The van der Waals surface area contributed by atoms with Crippen LogP contribution in [0.5, 0.6) is 0 Å². The molecule has 1 N–H and O–H groups in total. The summed E-state index contributed by atoms with van der Waals surface area (Å²) in [6.07, 6.45) is 4.98. The van der Waals surface area contributed by atoms with E-state index in [1.54, 1.807) is 0 Å². The molecule has 1 atom stereocenters. The number of aromatic amines is 1. The Morgan fingerprint density at radius 1 is 1.24 bits per heavy atom. The smallest absolute Gasteiger partial charge is 0.223 e. The number of H-pyrrole nitrogens is 1. The fraction of sp³-hybridized carbons (Fsp3) is 0.474. The molecule has 2 aliphatic rings. The van der Waals surface area contributed by atoms with Crippen LogP contribution in [0.15, 0.2) is 18.2 Å². The van der Waals surface area contributed by atoms with Crippen molar-refractivity contribution in [1.82, 2.24) is 14.9 Å². The van der Waals surface area contributed by atoms with Crippen LogP contribution < -0.4 is 0 Å². The molecule has 1 aliphatic heterocycles. The molecule has 1 aromatic heterocycles. The van der Waals surface area contributed by atoms with Gasteiger partial charge >= 0.3 is 0 Å². The SMILES string of the molecule is Cc1[nH]c([C@H]2CC(=O)N(C3CCCC3)C2)nc1-c1ccc(F)cc1F. The molecular formula is C19H21F2N3O. The van der Waals surface area contributed by atoms with E-state index in [2.05, 4.69) is 9.97 Å². The van der Waals surface area contributed by atoms with Crippen molar-refractivity contribution < 1.29 is 13.6 Å². The van der Waals surface area contributed by atoms with Gasteiger partial charge < -0.3 is 9.88 Å². The van der Waals surface area contributed by atoms with Crippen molar-refractivity contribution in [1.29, 1.82) is 0 Å². The zero-order valence-corrected chi connectivity index (χ0v) is 14.2. The Morgan fingerprint density at radius 2 is 2.00 bits per heavy atom. The average molecular weight is 345 g/mol. The number of halogens is 2. The van der Waals surface area contributed by atoms with E-state index in [0.29, 0.717) is 30.5 Å². The minimum Gasteiger partial charge on any atom is -0.345 e. The van der Waals surface area contributed by atoms with Crippen LogP contribution in [0.1, 0.15) is 49.5 Å². The molecule has 2 aromatic rings. The number of rotatable bonds is 3. The third-order valence-corrected chi connectivity index (χ3v) is 5.40. The lowest BCUT2D eigenvalue weighted by Crippen LogP contribution is -2.34. The van der Waals surface area contributed by atoms with E-state index in [9.17, 15) is 13.6 Å². The van der Waals surface area contributed by atoms with Crippen LogP contribution in [0, 0.1) is 18.6 Å². The fourth-order valence-electron chi connectivity index (χ4n) is 4.10. The second-order valence-electron chi connectivity index (χ2n) is 7.11. The van der Waals surface area contributed by atoms with Crippen molar-refractivity contribution in [3.8, 4) is 11.3 Å². The maximum atomic E-state index is 14.1. The van der Waals surface area contributed by atoms with Gasteiger partial charge in [0.1, 0.15) is 17.5 Å². The van der Waals surface area contributed by atoms with Gasteiger partial charge in [-0.3, -0.25) is 4.79 Å². The summed E-state index contributed by atoms with van der Waals surface area (Å²) >= 11 is 0. The molecule has 0 unspecified atom stereocenters. The predicted molar refractivity (Wildman–Crippen MR) is 90.0 cm³/mol. The molecule has 2 heterocycles. The topological polar surface area (TPSA) is 49.0 Å². The minimum absolute atomic E-state index is 0.00376. The molecule has 0 bridgehead atoms. The van der Waals surface area contributed by atoms with E-state index in [1.807, 2.05) is 11.8 Å². The summed E-state index contributed by atoms with van der Waals surface area (Å²) in [6, 6.07) is 3.86. The Balaban J connectivity index is 1.59. The van der Waals surface area contributed by atoms with Crippen LogP contribution in [0.25, 0.3) is 11.3 Å². The molecule has 1 aliphatic carbocycles.